The first-order valence-corrected chi connectivity index (χ1v) is 3.34. The molecule has 0 unspecified atom stereocenters. The van der Waals surface area contributed by atoms with Crippen LogP contribution in [0.4, 0.5) is 0 Å². The molecule has 2 N–H and O–H groups in total. The number of aliphatic imine (C=N–C) groups is 1. The van der Waals surface area contributed by atoms with E-state index in [-0.39, 0.29) is 0 Å². The molecule has 0 fully saturated rings. The van der Waals surface area contributed by atoms with Gasteiger partial charge >= 0.3 is 0 Å². The average Bonchev–Trinajstić information content (AvgIpc) is 2.01. The third kappa shape index (κ3) is 4.12. The van der Waals surface area contributed by atoms with Crippen LogP contribution in [-0.4, -0.2) is 12.8 Å². The van der Waals surface area contributed by atoms with E-state index in [0.29, 0.717) is 18.0 Å². The molecule has 0 heterocycles. The van der Waals surface area contributed by atoms with Crippen molar-refractivity contribution in [3.05, 3.63) is 12.4 Å². The van der Waals surface area contributed by atoms with Gasteiger partial charge in [-0.1, -0.05) is 13.5 Å². The van der Waals surface area contributed by atoms with E-state index in [4.69, 9.17) is 5.26 Å². The maximum Gasteiger partial charge on any atom is 0.133 e. The summed E-state index contributed by atoms with van der Waals surface area (Å²) in [7, 11) is 1.71. The van der Waals surface area contributed by atoms with Crippen molar-refractivity contribution in [3.63, 3.8) is 0 Å². The minimum absolute atomic E-state index is 0.450. The van der Waals surface area contributed by atoms with Crippen LogP contribution in [-0.2, 0) is 0 Å². The summed E-state index contributed by atoms with van der Waals surface area (Å²) >= 11 is 0. The highest BCUT2D eigenvalue weighted by molar-refractivity contribution is 5.98. The number of rotatable bonds is 4. The lowest BCUT2D eigenvalue weighted by atomic mass is 10.3. The van der Waals surface area contributed by atoms with E-state index in [9.17, 15) is 0 Å². The standard InChI is InChI=1S/C7H12N4/c1-4-7(5-8)10-6(2)11-9-3/h9,11H,2,4H2,1,3H3/b10-7+. The number of hydrazine groups is 1. The van der Waals surface area contributed by atoms with Crippen LogP contribution in [0.3, 0.4) is 0 Å². The first-order valence-electron chi connectivity index (χ1n) is 3.34. The van der Waals surface area contributed by atoms with Crippen LogP contribution < -0.4 is 10.9 Å². The zero-order valence-corrected chi connectivity index (χ0v) is 6.81. The van der Waals surface area contributed by atoms with Crippen molar-refractivity contribution in [1.82, 2.24) is 10.9 Å². The molecule has 0 aromatic carbocycles. The van der Waals surface area contributed by atoms with E-state index in [1.165, 1.54) is 0 Å². The maximum absolute atomic E-state index is 8.47. The number of hydrogen-bond donors (Lipinski definition) is 2. The molecular weight excluding hydrogens is 140 g/mol. The van der Waals surface area contributed by atoms with Crippen molar-refractivity contribution in [2.75, 3.05) is 7.05 Å². The highest BCUT2D eigenvalue weighted by Crippen LogP contribution is 1.90. The maximum atomic E-state index is 8.47. The molecule has 0 rings (SSSR count). The lowest BCUT2D eigenvalue weighted by Gasteiger charge is -2.01. The second kappa shape index (κ2) is 5.45. The van der Waals surface area contributed by atoms with Gasteiger partial charge in [0.2, 0.25) is 0 Å². The first kappa shape index (κ1) is 9.66. The molecule has 4 nitrogen and oxygen atoms in total. The monoisotopic (exact) mass is 152 g/mol. The van der Waals surface area contributed by atoms with Gasteiger partial charge in [-0.2, -0.15) is 5.26 Å². The molecule has 0 atom stereocenters. The molecule has 0 spiro atoms. The summed E-state index contributed by atoms with van der Waals surface area (Å²) in [4.78, 5) is 3.89. The Morgan fingerprint density at radius 2 is 2.36 bits per heavy atom. The van der Waals surface area contributed by atoms with E-state index in [0.717, 1.165) is 0 Å². The number of hydrogen-bond acceptors (Lipinski definition) is 4. The zero-order chi connectivity index (χ0) is 8.69. The summed E-state index contributed by atoms with van der Waals surface area (Å²) in [5, 5.41) is 8.47. The van der Waals surface area contributed by atoms with Crippen molar-refractivity contribution < 1.29 is 0 Å². The highest BCUT2D eigenvalue weighted by atomic mass is 15.4. The Kier molecular flexibility index (Phi) is 4.78. The van der Waals surface area contributed by atoms with Gasteiger partial charge in [-0.15, -0.1) is 0 Å². The van der Waals surface area contributed by atoms with Gasteiger partial charge < -0.3 is 5.43 Å². The van der Waals surface area contributed by atoms with E-state index in [1.54, 1.807) is 7.05 Å². The normalized spacial score (nSPS) is 10.5. The summed E-state index contributed by atoms with van der Waals surface area (Å²) in [6.45, 7) is 5.44. The SMILES string of the molecule is C=C(/N=C(/C#N)CC)NNC. The molecule has 0 aliphatic carbocycles. The molecule has 4 heteroatoms. The van der Waals surface area contributed by atoms with Crippen molar-refractivity contribution in [2.24, 2.45) is 4.99 Å². The highest BCUT2D eigenvalue weighted by Gasteiger charge is 1.92. The quantitative estimate of drug-likeness (QED) is 0.457. The predicted molar refractivity (Wildman–Crippen MR) is 44.7 cm³/mol. The molecule has 0 amide bonds. The van der Waals surface area contributed by atoms with Crippen LogP contribution in [0.2, 0.25) is 0 Å². The van der Waals surface area contributed by atoms with Gasteiger partial charge in [-0.3, -0.25) is 0 Å². The van der Waals surface area contributed by atoms with E-state index in [2.05, 4.69) is 22.4 Å². The Morgan fingerprint density at radius 3 is 2.73 bits per heavy atom. The molecule has 0 saturated carbocycles. The fraction of sp³-hybridized carbons (Fsp3) is 0.429. The van der Waals surface area contributed by atoms with Gasteiger partial charge in [0, 0.05) is 7.05 Å². The molecule has 0 bridgehead atoms. The number of nitrogens with zero attached hydrogens (tertiary/aromatic N) is 2. The number of nitrogens with one attached hydrogen (secondary N) is 2. The first-order chi connectivity index (χ1) is 5.24. The average molecular weight is 152 g/mol. The summed E-state index contributed by atoms with van der Waals surface area (Å²) in [5.74, 6) is 0.450. The summed E-state index contributed by atoms with van der Waals surface area (Å²) in [6, 6.07) is 1.96. The van der Waals surface area contributed by atoms with E-state index < -0.39 is 0 Å². The van der Waals surface area contributed by atoms with E-state index >= 15 is 0 Å². The van der Waals surface area contributed by atoms with Gasteiger partial charge in [0.15, 0.2) is 0 Å². The van der Waals surface area contributed by atoms with Crippen molar-refractivity contribution in [1.29, 1.82) is 5.26 Å². The van der Waals surface area contributed by atoms with Crippen LogP contribution in [0.5, 0.6) is 0 Å². The zero-order valence-electron chi connectivity index (χ0n) is 6.81. The lowest BCUT2D eigenvalue weighted by molar-refractivity contribution is 0.685. The minimum Gasteiger partial charge on any atom is -0.307 e. The fourth-order valence-corrected chi connectivity index (χ4v) is 0.518. The van der Waals surface area contributed by atoms with Crippen LogP contribution in [0, 0.1) is 11.3 Å². The van der Waals surface area contributed by atoms with Crippen LogP contribution in [0.15, 0.2) is 17.4 Å². The van der Waals surface area contributed by atoms with Gasteiger partial charge in [0.1, 0.15) is 17.6 Å². The molecule has 0 radical (unpaired) electrons. The molecule has 0 saturated heterocycles. The minimum atomic E-state index is 0.450. The largest absolute Gasteiger partial charge is 0.307 e. The molecular formula is C7H12N4. The Morgan fingerprint density at radius 1 is 1.73 bits per heavy atom. The summed E-state index contributed by atoms with van der Waals surface area (Å²) in [6.07, 6.45) is 0.626. The Hall–Kier alpha value is -1.34. The van der Waals surface area contributed by atoms with E-state index in [1.807, 2.05) is 13.0 Å². The molecule has 0 aromatic heterocycles. The van der Waals surface area contributed by atoms with Gasteiger partial charge in [-0.25, -0.2) is 10.4 Å². The van der Waals surface area contributed by atoms with Crippen molar-refractivity contribution in [3.8, 4) is 6.07 Å². The second-order valence-corrected chi connectivity index (χ2v) is 1.85. The molecule has 11 heavy (non-hydrogen) atoms. The predicted octanol–water partition coefficient (Wildman–Crippen LogP) is 0.556. The molecule has 0 aliphatic heterocycles. The lowest BCUT2D eigenvalue weighted by Crippen LogP contribution is -2.25. The van der Waals surface area contributed by atoms with Crippen molar-refractivity contribution >= 4 is 5.71 Å². The topological polar surface area (TPSA) is 60.2 Å². The summed E-state index contributed by atoms with van der Waals surface area (Å²) in [5.41, 5.74) is 5.79. The molecule has 0 aromatic rings. The van der Waals surface area contributed by atoms with Crippen molar-refractivity contribution in [2.45, 2.75) is 13.3 Å². The Bertz CT molecular complexity index is 199. The van der Waals surface area contributed by atoms with Gasteiger partial charge in [-0.05, 0) is 6.42 Å². The van der Waals surface area contributed by atoms with Crippen LogP contribution in [0.25, 0.3) is 0 Å². The third-order valence-electron chi connectivity index (χ3n) is 1.00. The van der Waals surface area contributed by atoms with Gasteiger partial charge in [0.25, 0.3) is 0 Å². The third-order valence-corrected chi connectivity index (χ3v) is 1.00. The number of nitriles is 1. The summed E-state index contributed by atoms with van der Waals surface area (Å²) < 4.78 is 0. The van der Waals surface area contributed by atoms with Crippen LogP contribution in [0.1, 0.15) is 13.3 Å². The smallest absolute Gasteiger partial charge is 0.133 e. The Balaban J connectivity index is 4.07. The Labute approximate surface area is 66.6 Å². The second-order valence-electron chi connectivity index (χ2n) is 1.85. The molecule has 0 aliphatic rings. The van der Waals surface area contributed by atoms with Gasteiger partial charge in [0.05, 0.1) is 0 Å². The fourth-order valence-electron chi connectivity index (χ4n) is 0.518. The van der Waals surface area contributed by atoms with Crippen LogP contribution >= 0.6 is 0 Å². The molecule has 60 valence electrons.